The molecule has 1 amide bonds. The van der Waals surface area contributed by atoms with Gasteiger partial charge in [-0.25, -0.2) is 4.98 Å². The van der Waals surface area contributed by atoms with Gasteiger partial charge in [-0.3, -0.25) is 4.79 Å². The number of allylic oxidation sites excluding steroid dienone is 1. The predicted molar refractivity (Wildman–Crippen MR) is 148 cm³/mol. The summed E-state index contributed by atoms with van der Waals surface area (Å²) >= 11 is 0. The fraction of sp³-hybridized carbons (Fsp3) is 0.290. The number of carbonyl (C=O) groups is 1. The van der Waals surface area contributed by atoms with Gasteiger partial charge in [0, 0.05) is 31.1 Å². The summed E-state index contributed by atoms with van der Waals surface area (Å²) in [6.07, 6.45) is 6.35. The second-order valence-electron chi connectivity index (χ2n) is 9.32. The van der Waals surface area contributed by atoms with Crippen LogP contribution in [-0.2, 0) is 11.3 Å². The van der Waals surface area contributed by atoms with Crippen molar-refractivity contribution in [2.75, 3.05) is 25.2 Å². The molecule has 1 aromatic heterocycles. The van der Waals surface area contributed by atoms with E-state index in [1.807, 2.05) is 90.7 Å². The van der Waals surface area contributed by atoms with E-state index < -0.39 is 0 Å². The number of benzene rings is 3. The van der Waals surface area contributed by atoms with Crippen LogP contribution in [-0.4, -0.2) is 35.7 Å². The van der Waals surface area contributed by atoms with E-state index in [1.165, 1.54) is 0 Å². The molecule has 0 N–H and O–H groups in total. The lowest BCUT2D eigenvalue weighted by atomic mass is 10.1. The first-order valence-electron chi connectivity index (χ1n) is 12.9. The van der Waals surface area contributed by atoms with Crippen LogP contribution < -0.4 is 14.4 Å². The Morgan fingerprint density at radius 1 is 1.00 bits per heavy atom. The minimum atomic E-state index is 0.0660. The van der Waals surface area contributed by atoms with E-state index in [0.29, 0.717) is 19.6 Å². The highest BCUT2D eigenvalue weighted by atomic mass is 16.5. The predicted octanol–water partition coefficient (Wildman–Crippen LogP) is 6.46. The van der Waals surface area contributed by atoms with Gasteiger partial charge in [-0.1, -0.05) is 48.6 Å². The van der Waals surface area contributed by atoms with Gasteiger partial charge in [-0.2, -0.15) is 0 Å². The van der Waals surface area contributed by atoms with E-state index in [9.17, 15) is 4.79 Å². The molecule has 37 heavy (non-hydrogen) atoms. The molecule has 1 unspecified atom stereocenters. The largest absolute Gasteiger partial charge is 0.493 e. The monoisotopic (exact) mass is 495 g/mol. The topological polar surface area (TPSA) is 56.6 Å². The van der Waals surface area contributed by atoms with E-state index in [4.69, 9.17) is 14.5 Å². The van der Waals surface area contributed by atoms with Gasteiger partial charge in [-0.15, -0.1) is 0 Å². The highest BCUT2D eigenvalue weighted by Gasteiger charge is 2.34. The summed E-state index contributed by atoms with van der Waals surface area (Å²) < 4.78 is 13.9. The summed E-state index contributed by atoms with van der Waals surface area (Å²) in [5, 5.41) is 0. The van der Waals surface area contributed by atoms with Gasteiger partial charge in [0.2, 0.25) is 5.91 Å². The molecule has 3 aromatic carbocycles. The SMILES string of the molecule is C/C=C/c1ccc(OCCCCn2c(C3CC(=O)N(c4ccccc4)C3)nc3ccccc32)c(OC)c1. The molecule has 1 saturated heterocycles. The average molecular weight is 496 g/mol. The van der Waals surface area contributed by atoms with E-state index >= 15 is 0 Å². The number of hydrogen-bond acceptors (Lipinski definition) is 4. The number of rotatable bonds is 10. The molecule has 4 aromatic rings. The number of nitrogens with zero attached hydrogens (tertiary/aromatic N) is 3. The summed E-state index contributed by atoms with van der Waals surface area (Å²) in [5.74, 6) is 2.71. The third kappa shape index (κ3) is 5.38. The lowest BCUT2D eigenvalue weighted by Gasteiger charge is -2.17. The lowest BCUT2D eigenvalue weighted by molar-refractivity contribution is -0.117. The van der Waals surface area contributed by atoms with E-state index in [-0.39, 0.29) is 11.8 Å². The van der Waals surface area contributed by atoms with E-state index in [2.05, 4.69) is 10.6 Å². The van der Waals surface area contributed by atoms with Gasteiger partial charge in [0.15, 0.2) is 11.5 Å². The number of amides is 1. The van der Waals surface area contributed by atoms with Crippen LogP contribution in [0.5, 0.6) is 11.5 Å². The summed E-state index contributed by atoms with van der Waals surface area (Å²) in [7, 11) is 1.67. The number of para-hydroxylation sites is 3. The molecule has 0 spiro atoms. The van der Waals surface area contributed by atoms with Crippen LogP contribution in [0.2, 0.25) is 0 Å². The number of imidazole rings is 1. The standard InChI is InChI=1S/C31H33N3O3/c1-3-11-23-16-17-28(29(20-23)36-2)37-19-10-9-18-33-27-15-8-7-14-26(27)32-31(33)24-21-30(35)34(22-24)25-12-5-4-6-13-25/h3-8,11-17,20,24H,9-10,18-19,21-22H2,1-2H3/b11-3+. The van der Waals surface area contributed by atoms with Crippen molar-refractivity contribution in [2.24, 2.45) is 0 Å². The highest BCUT2D eigenvalue weighted by Crippen LogP contribution is 2.33. The minimum Gasteiger partial charge on any atom is -0.493 e. The maximum atomic E-state index is 12.9. The first-order chi connectivity index (χ1) is 18.2. The lowest BCUT2D eigenvalue weighted by Crippen LogP contribution is -2.24. The number of fused-ring (bicyclic) bond motifs is 1. The summed E-state index contributed by atoms with van der Waals surface area (Å²) in [6, 6.07) is 24.1. The number of unbranched alkanes of at least 4 members (excludes halogenated alkanes) is 1. The first-order valence-corrected chi connectivity index (χ1v) is 12.9. The molecule has 1 atom stereocenters. The second kappa shape index (κ2) is 11.3. The maximum Gasteiger partial charge on any atom is 0.227 e. The van der Waals surface area contributed by atoms with Crippen molar-refractivity contribution >= 4 is 28.7 Å². The number of carbonyl (C=O) groups excluding carboxylic acids is 1. The summed E-state index contributed by atoms with van der Waals surface area (Å²) in [6.45, 7) is 4.07. The Labute approximate surface area is 218 Å². The van der Waals surface area contributed by atoms with E-state index in [0.717, 1.165) is 59.0 Å². The molecular weight excluding hydrogens is 462 g/mol. The van der Waals surface area contributed by atoms with Crippen molar-refractivity contribution in [1.29, 1.82) is 0 Å². The van der Waals surface area contributed by atoms with Gasteiger partial charge >= 0.3 is 0 Å². The molecule has 190 valence electrons. The van der Waals surface area contributed by atoms with Crippen molar-refractivity contribution < 1.29 is 14.3 Å². The van der Waals surface area contributed by atoms with Crippen molar-refractivity contribution in [3.8, 4) is 11.5 Å². The first kappa shape index (κ1) is 24.6. The molecule has 5 rings (SSSR count). The van der Waals surface area contributed by atoms with Crippen LogP contribution in [0.3, 0.4) is 0 Å². The van der Waals surface area contributed by atoms with Gasteiger partial charge in [-0.05, 0) is 61.7 Å². The number of aryl methyl sites for hydroxylation is 1. The molecule has 6 nitrogen and oxygen atoms in total. The molecule has 0 aliphatic carbocycles. The van der Waals surface area contributed by atoms with Crippen LogP contribution in [0.1, 0.15) is 43.5 Å². The second-order valence-corrected chi connectivity index (χ2v) is 9.32. The zero-order chi connectivity index (χ0) is 25.6. The van der Waals surface area contributed by atoms with Crippen LogP contribution in [0.15, 0.2) is 78.9 Å². The number of aromatic nitrogens is 2. The van der Waals surface area contributed by atoms with Crippen LogP contribution in [0, 0.1) is 0 Å². The highest BCUT2D eigenvalue weighted by molar-refractivity contribution is 5.96. The molecule has 1 fully saturated rings. The average Bonchev–Trinajstić information content (AvgIpc) is 3.50. The maximum absolute atomic E-state index is 12.9. The molecule has 1 aliphatic heterocycles. The smallest absolute Gasteiger partial charge is 0.227 e. The number of hydrogen-bond donors (Lipinski definition) is 0. The molecule has 0 radical (unpaired) electrons. The van der Waals surface area contributed by atoms with Gasteiger partial charge in [0.25, 0.3) is 0 Å². The van der Waals surface area contributed by atoms with Crippen molar-refractivity contribution in [3.63, 3.8) is 0 Å². The Balaban J connectivity index is 1.26. The zero-order valence-corrected chi connectivity index (χ0v) is 21.5. The van der Waals surface area contributed by atoms with Gasteiger partial charge in [0.05, 0.1) is 24.8 Å². The van der Waals surface area contributed by atoms with Crippen molar-refractivity contribution in [2.45, 2.75) is 38.6 Å². The fourth-order valence-corrected chi connectivity index (χ4v) is 5.03. The van der Waals surface area contributed by atoms with Crippen molar-refractivity contribution in [1.82, 2.24) is 9.55 Å². The van der Waals surface area contributed by atoms with Crippen molar-refractivity contribution in [3.05, 3.63) is 90.3 Å². The Morgan fingerprint density at radius 3 is 2.62 bits per heavy atom. The minimum absolute atomic E-state index is 0.0660. The number of ether oxygens (including phenoxy) is 2. The Morgan fingerprint density at radius 2 is 1.81 bits per heavy atom. The Bertz CT molecular complexity index is 1390. The number of anilines is 1. The molecule has 1 aliphatic rings. The normalized spacial score (nSPS) is 15.7. The third-order valence-electron chi connectivity index (χ3n) is 6.82. The molecule has 2 heterocycles. The van der Waals surface area contributed by atoms with Crippen LogP contribution in [0.4, 0.5) is 5.69 Å². The van der Waals surface area contributed by atoms with Crippen LogP contribution in [0.25, 0.3) is 17.1 Å². The Hall–Kier alpha value is -4.06. The Kier molecular flexibility index (Phi) is 7.54. The molecule has 6 heteroatoms. The number of methoxy groups -OCH3 is 1. The van der Waals surface area contributed by atoms with Gasteiger partial charge < -0.3 is 18.9 Å². The summed E-state index contributed by atoms with van der Waals surface area (Å²) in [4.78, 5) is 19.8. The third-order valence-corrected chi connectivity index (χ3v) is 6.82. The fourth-order valence-electron chi connectivity index (χ4n) is 5.03. The van der Waals surface area contributed by atoms with Crippen LogP contribution >= 0.6 is 0 Å². The summed E-state index contributed by atoms with van der Waals surface area (Å²) in [5.41, 5.74) is 4.13. The quantitative estimate of drug-likeness (QED) is 0.237. The zero-order valence-electron chi connectivity index (χ0n) is 21.5. The molecule has 0 saturated carbocycles. The molecule has 0 bridgehead atoms. The molecular formula is C31H33N3O3. The van der Waals surface area contributed by atoms with Gasteiger partial charge in [0.1, 0.15) is 5.82 Å². The van der Waals surface area contributed by atoms with E-state index in [1.54, 1.807) is 7.11 Å².